The lowest BCUT2D eigenvalue weighted by molar-refractivity contribution is -0.141. The molecule has 1 aliphatic heterocycles. The second kappa shape index (κ2) is 10.1. The number of thiazole rings is 1. The fourth-order valence-electron chi connectivity index (χ4n) is 3.39. The largest absolute Gasteiger partial charge is 0.468 e. The highest BCUT2D eigenvalue weighted by Gasteiger charge is 2.26. The Balaban J connectivity index is 1.70. The lowest BCUT2D eigenvalue weighted by atomic mass is 10.2. The van der Waals surface area contributed by atoms with Crippen molar-refractivity contribution in [2.24, 2.45) is 4.99 Å². The Morgan fingerprint density at radius 3 is 2.44 bits per heavy atom. The molecule has 1 amide bonds. The summed E-state index contributed by atoms with van der Waals surface area (Å²) in [5.74, 6) is -1.16. The van der Waals surface area contributed by atoms with E-state index in [0.717, 1.165) is 11.3 Å². The zero-order valence-electron chi connectivity index (χ0n) is 17.9. The molecule has 0 atom stereocenters. The van der Waals surface area contributed by atoms with Crippen molar-refractivity contribution in [3.63, 3.8) is 0 Å². The summed E-state index contributed by atoms with van der Waals surface area (Å²) in [5, 5.41) is 0.520. The van der Waals surface area contributed by atoms with Crippen LogP contribution >= 0.6 is 34.5 Å². The number of rotatable bonds is 5. The highest BCUT2D eigenvalue weighted by Crippen LogP contribution is 2.32. The van der Waals surface area contributed by atoms with Crippen LogP contribution in [0.1, 0.15) is 10.4 Å². The summed E-state index contributed by atoms with van der Waals surface area (Å²) < 4.78 is 39.0. The Morgan fingerprint density at radius 2 is 1.79 bits per heavy atom. The van der Waals surface area contributed by atoms with Crippen LogP contribution in [0, 0.1) is 0 Å². The maximum Gasteiger partial charge on any atom is 0.325 e. The van der Waals surface area contributed by atoms with Crippen molar-refractivity contribution in [3.8, 4) is 0 Å². The minimum atomic E-state index is -3.68. The van der Waals surface area contributed by atoms with Crippen molar-refractivity contribution in [2.45, 2.75) is 11.4 Å². The molecule has 1 fully saturated rings. The Labute approximate surface area is 209 Å². The van der Waals surface area contributed by atoms with Crippen LogP contribution in [-0.2, 0) is 30.8 Å². The number of aromatic nitrogens is 1. The van der Waals surface area contributed by atoms with Gasteiger partial charge < -0.3 is 14.0 Å². The van der Waals surface area contributed by atoms with Gasteiger partial charge in [-0.2, -0.15) is 9.30 Å². The Hall–Kier alpha value is -2.28. The molecule has 0 radical (unpaired) electrons. The lowest BCUT2D eigenvalue weighted by Crippen LogP contribution is -2.40. The molecule has 0 bridgehead atoms. The van der Waals surface area contributed by atoms with Crippen LogP contribution < -0.4 is 4.80 Å². The first-order chi connectivity index (χ1) is 16.2. The topological polar surface area (TPSA) is 107 Å². The highest BCUT2D eigenvalue weighted by molar-refractivity contribution is 7.89. The molecule has 34 heavy (non-hydrogen) atoms. The number of carbonyl (C=O) groups excluding carboxylic acids is 2. The molecule has 2 aromatic carbocycles. The van der Waals surface area contributed by atoms with E-state index in [2.05, 4.69) is 4.99 Å². The molecule has 3 aromatic rings. The number of hydrogen-bond acceptors (Lipinski definition) is 7. The van der Waals surface area contributed by atoms with Gasteiger partial charge in [0, 0.05) is 18.7 Å². The van der Waals surface area contributed by atoms with Crippen molar-refractivity contribution >= 4 is 66.7 Å². The zero-order chi connectivity index (χ0) is 24.5. The Kier molecular flexibility index (Phi) is 7.41. The Bertz CT molecular complexity index is 1430. The summed E-state index contributed by atoms with van der Waals surface area (Å²) in [4.78, 5) is 29.3. The van der Waals surface area contributed by atoms with Gasteiger partial charge in [0.2, 0.25) is 10.0 Å². The lowest BCUT2D eigenvalue weighted by Gasteiger charge is -2.26. The number of morpholine rings is 1. The van der Waals surface area contributed by atoms with Gasteiger partial charge >= 0.3 is 5.97 Å². The average molecular weight is 544 g/mol. The molecule has 9 nitrogen and oxygen atoms in total. The molecule has 0 N–H and O–H groups in total. The monoisotopic (exact) mass is 543 g/mol. The van der Waals surface area contributed by atoms with E-state index in [0.29, 0.717) is 28.5 Å². The fraction of sp³-hybridized carbons (Fsp3) is 0.286. The summed E-state index contributed by atoms with van der Waals surface area (Å²) >= 11 is 13.6. The van der Waals surface area contributed by atoms with E-state index >= 15 is 0 Å². The fourth-order valence-corrected chi connectivity index (χ4v) is 6.31. The number of esters is 1. The van der Waals surface area contributed by atoms with Crippen molar-refractivity contribution in [1.82, 2.24) is 8.87 Å². The average Bonchev–Trinajstić information content (AvgIpc) is 3.19. The third-order valence-corrected chi connectivity index (χ3v) is 8.91. The van der Waals surface area contributed by atoms with Crippen LogP contribution in [0.4, 0.5) is 0 Å². The van der Waals surface area contributed by atoms with Crippen LogP contribution in [0.2, 0.25) is 10.0 Å². The van der Waals surface area contributed by atoms with Gasteiger partial charge in [-0.1, -0.05) is 34.5 Å². The smallest absolute Gasteiger partial charge is 0.325 e. The van der Waals surface area contributed by atoms with Gasteiger partial charge in [0.05, 0.1) is 45.5 Å². The number of benzene rings is 2. The predicted molar refractivity (Wildman–Crippen MR) is 128 cm³/mol. The first-order valence-electron chi connectivity index (χ1n) is 10.0. The minimum absolute atomic E-state index is 0.0787. The summed E-state index contributed by atoms with van der Waals surface area (Å²) in [6, 6.07) is 8.89. The number of fused-ring (bicyclic) bond motifs is 1. The van der Waals surface area contributed by atoms with Gasteiger partial charge in [-0.3, -0.25) is 9.59 Å². The number of nitrogens with zero attached hydrogens (tertiary/aromatic N) is 3. The molecule has 1 saturated heterocycles. The molecule has 1 aromatic heterocycles. The van der Waals surface area contributed by atoms with Crippen molar-refractivity contribution in [3.05, 3.63) is 56.8 Å². The molecule has 180 valence electrons. The van der Waals surface area contributed by atoms with Crippen molar-refractivity contribution in [2.75, 3.05) is 33.4 Å². The third-order valence-electron chi connectivity index (χ3n) is 5.16. The molecule has 0 unspecified atom stereocenters. The predicted octanol–water partition coefficient (Wildman–Crippen LogP) is 2.94. The normalized spacial score (nSPS) is 15.6. The summed E-state index contributed by atoms with van der Waals surface area (Å²) in [7, 11) is -2.43. The van der Waals surface area contributed by atoms with Gasteiger partial charge in [0.25, 0.3) is 5.91 Å². The standard InChI is InChI=1S/C21H19Cl2N3O6S2/c1-31-17(27)12-26-19-16(7-6-15(22)18(19)23)33-21(26)24-20(28)13-2-4-14(5-3-13)34(29,30)25-8-10-32-11-9-25/h2-7H,8-12H2,1H3. The SMILES string of the molecule is COC(=O)Cn1c(=NC(=O)c2ccc(S(=O)(=O)N3CCOCC3)cc2)sc2ccc(Cl)c(Cl)c21. The molecular formula is C21H19Cl2N3O6S2. The highest BCUT2D eigenvalue weighted by atomic mass is 35.5. The van der Waals surface area contributed by atoms with Crippen molar-refractivity contribution in [1.29, 1.82) is 0 Å². The first-order valence-corrected chi connectivity index (χ1v) is 13.0. The number of amides is 1. The van der Waals surface area contributed by atoms with Crippen LogP contribution in [0.15, 0.2) is 46.3 Å². The van der Waals surface area contributed by atoms with E-state index in [1.807, 2.05) is 0 Å². The van der Waals surface area contributed by atoms with E-state index in [-0.39, 0.29) is 39.9 Å². The van der Waals surface area contributed by atoms with E-state index < -0.39 is 21.9 Å². The third kappa shape index (κ3) is 4.90. The van der Waals surface area contributed by atoms with E-state index in [1.165, 1.54) is 40.2 Å². The van der Waals surface area contributed by atoms with Crippen LogP contribution in [0.3, 0.4) is 0 Å². The molecule has 0 aliphatic carbocycles. The number of methoxy groups -OCH3 is 1. The van der Waals surface area contributed by atoms with Gasteiger partial charge in [-0.25, -0.2) is 8.42 Å². The molecule has 13 heteroatoms. The second-order valence-electron chi connectivity index (χ2n) is 7.21. The van der Waals surface area contributed by atoms with Gasteiger partial charge in [0.1, 0.15) is 6.54 Å². The van der Waals surface area contributed by atoms with Crippen molar-refractivity contribution < 1.29 is 27.5 Å². The molecule has 2 heterocycles. The summed E-state index contributed by atoms with van der Waals surface area (Å²) in [6.45, 7) is 1.00. The van der Waals surface area contributed by atoms with Gasteiger partial charge in [-0.05, 0) is 36.4 Å². The number of halogens is 2. The van der Waals surface area contributed by atoms with E-state index in [1.54, 1.807) is 12.1 Å². The minimum Gasteiger partial charge on any atom is -0.468 e. The Morgan fingerprint density at radius 1 is 1.12 bits per heavy atom. The summed E-state index contributed by atoms with van der Waals surface area (Å²) in [6.07, 6.45) is 0. The molecule has 4 rings (SSSR count). The van der Waals surface area contributed by atoms with Gasteiger partial charge in [0.15, 0.2) is 4.80 Å². The first kappa shape index (κ1) is 24.8. The number of sulfonamides is 1. The number of carbonyl (C=O) groups is 2. The quantitative estimate of drug-likeness (QED) is 0.458. The van der Waals surface area contributed by atoms with E-state index in [9.17, 15) is 18.0 Å². The van der Waals surface area contributed by atoms with E-state index in [4.69, 9.17) is 32.7 Å². The van der Waals surface area contributed by atoms with Crippen LogP contribution in [0.5, 0.6) is 0 Å². The summed E-state index contributed by atoms with van der Waals surface area (Å²) in [5.41, 5.74) is 0.648. The molecular weight excluding hydrogens is 525 g/mol. The second-order valence-corrected chi connectivity index (χ2v) is 10.9. The van der Waals surface area contributed by atoms with Crippen LogP contribution in [-0.4, -0.2) is 62.6 Å². The van der Waals surface area contributed by atoms with Gasteiger partial charge in [-0.15, -0.1) is 0 Å². The molecule has 0 saturated carbocycles. The zero-order valence-corrected chi connectivity index (χ0v) is 21.0. The number of hydrogen-bond donors (Lipinski definition) is 0. The van der Waals surface area contributed by atoms with Crippen LogP contribution in [0.25, 0.3) is 10.2 Å². The molecule has 0 spiro atoms. The molecule has 1 aliphatic rings. The number of ether oxygens (including phenoxy) is 2. The maximum absolute atomic E-state index is 12.9. The maximum atomic E-state index is 12.9.